The summed E-state index contributed by atoms with van der Waals surface area (Å²) >= 11 is 9.55. The average molecular weight is 359 g/mol. The van der Waals surface area contributed by atoms with Crippen LogP contribution in [0.15, 0.2) is 22.7 Å². The maximum atomic E-state index is 12.2. The molecule has 2 nitrogen and oxygen atoms in total. The van der Waals surface area contributed by atoms with Crippen molar-refractivity contribution in [2.45, 2.75) is 32.6 Å². The Labute approximate surface area is 134 Å². The van der Waals surface area contributed by atoms with Gasteiger partial charge in [-0.1, -0.05) is 40.5 Å². The minimum absolute atomic E-state index is 0.285. The third-order valence-corrected chi connectivity index (χ3v) is 4.94. The molecule has 110 valence electrons. The Bertz CT molecular complexity index is 472. The van der Waals surface area contributed by atoms with Crippen molar-refractivity contribution in [3.05, 3.63) is 33.3 Å². The molecule has 2 unspecified atom stereocenters. The summed E-state index contributed by atoms with van der Waals surface area (Å²) in [4.78, 5) is 12.2. The zero-order valence-electron chi connectivity index (χ0n) is 11.8. The number of ketones is 1. The number of rotatable bonds is 5. The van der Waals surface area contributed by atoms with Gasteiger partial charge in [0.1, 0.15) is 5.78 Å². The summed E-state index contributed by atoms with van der Waals surface area (Å²) in [6.07, 6.45) is 3.55. The summed E-state index contributed by atoms with van der Waals surface area (Å²) in [5, 5.41) is 4.08. The highest BCUT2D eigenvalue weighted by atomic mass is 79.9. The number of hydrogen-bond acceptors (Lipinski definition) is 2. The number of piperidine rings is 1. The number of carbonyl (C=O) groups is 1. The van der Waals surface area contributed by atoms with E-state index in [0.29, 0.717) is 29.7 Å². The molecular weight excluding hydrogens is 338 g/mol. The molecule has 0 bridgehead atoms. The lowest BCUT2D eigenvalue weighted by Gasteiger charge is -2.28. The van der Waals surface area contributed by atoms with Gasteiger partial charge in [0.2, 0.25) is 0 Å². The van der Waals surface area contributed by atoms with Gasteiger partial charge in [-0.15, -0.1) is 0 Å². The van der Waals surface area contributed by atoms with Gasteiger partial charge in [0, 0.05) is 22.3 Å². The van der Waals surface area contributed by atoms with Gasteiger partial charge in [0.25, 0.3) is 0 Å². The molecule has 1 aliphatic rings. The van der Waals surface area contributed by atoms with Crippen LogP contribution in [0.5, 0.6) is 0 Å². The summed E-state index contributed by atoms with van der Waals surface area (Å²) in [6.45, 7) is 4.36. The number of benzene rings is 1. The Balaban J connectivity index is 1.88. The van der Waals surface area contributed by atoms with E-state index in [2.05, 4.69) is 28.2 Å². The summed E-state index contributed by atoms with van der Waals surface area (Å²) in [6, 6.07) is 5.71. The Hall–Kier alpha value is -0.380. The number of Topliss-reactive ketones (excluding diaryl/α,β-unsaturated/α-hetero) is 1. The van der Waals surface area contributed by atoms with Crippen molar-refractivity contribution < 1.29 is 4.79 Å². The molecule has 2 rings (SSSR count). The van der Waals surface area contributed by atoms with Crippen molar-refractivity contribution in [3.8, 4) is 0 Å². The largest absolute Gasteiger partial charge is 0.316 e. The third kappa shape index (κ3) is 4.57. The second-order valence-corrected chi connectivity index (χ2v) is 7.06. The number of carbonyl (C=O) groups excluding carboxylic acids is 1. The van der Waals surface area contributed by atoms with Gasteiger partial charge in [0.05, 0.1) is 0 Å². The molecule has 1 heterocycles. The third-order valence-electron chi connectivity index (χ3n) is 4.09. The van der Waals surface area contributed by atoms with Gasteiger partial charge in [-0.25, -0.2) is 0 Å². The summed E-state index contributed by atoms with van der Waals surface area (Å²) < 4.78 is 0.945. The molecule has 1 N–H and O–H groups in total. The minimum Gasteiger partial charge on any atom is -0.316 e. The van der Waals surface area contributed by atoms with Crippen LogP contribution in [0.2, 0.25) is 5.02 Å². The predicted octanol–water partition coefficient (Wildman–Crippen LogP) is 4.24. The monoisotopic (exact) mass is 357 g/mol. The first-order chi connectivity index (χ1) is 9.56. The van der Waals surface area contributed by atoms with Crippen LogP contribution in [0.4, 0.5) is 0 Å². The standard InChI is InChI=1S/C16H21BrClNO/c1-11(13-3-2-6-19-10-13)7-15(20)8-12-4-5-14(17)9-16(12)18/h4-5,9,11,13,19H,2-3,6-8,10H2,1H3. The van der Waals surface area contributed by atoms with Crippen molar-refractivity contribution in [3.63, 3.8) is 0 Å². The van der Waals surface area contributed by atoms with Crippen LogP contribution < -0.4 is 5.32 Å². The zero-order valence-corrected chi connectivity index (χ0v) is 14.1. The van der Waals surface area contributed by atoms with Crippen LogP contribution in [-0.4, -0.2) is 18.9 Å². The number of nitrogens with one attached hydrogen (secondary N) is 1. The predicted molar refractivity (Wildman–Crippen MR) is 87.2 cm³/mol. The summed E-state index contributed by atoms with van der Waals surface area (Å²) in [7, 11) is 0. The second-order valence-electron chi connectivity index (χ2n) is 5.74. The molecule has 1 aliphatic heterocycles. The fourth-order valence-electron chi connectivity index (χ4n) is 2.84. The molecule has 1 aromatic carbocycles. The molecule has 20 heavy (non-hydrogen) atoms. The fourth-order valence-corrected chi connectivity index (χ4v) is 3.58. The number of halogens is 2. The van der Waals surface area contributed by atoms with E-state index in [-0.39, 0.29) is 5.78 Å². The van der Waals surface area contributed by atoms with Gasteiger partial charge < -0.3 is 5.32 Å². The van der Waals surface area contributed by atoms with Gasteiger partial charge in [-0.05, 0) is 55.5 Å². The van der Waals surface area contributed by atoms with Crippen LogP contribution in [0.25, 0.3) is 0 Å². The molecule has 4 heteroatoms. The Morgan fingerprint density at radius 3 is 3.00 bits per heavy atom. The molecule has 1 aromatic rings. The molecular formula is C16H21BrClNO. The Kier molecular flexibility index (Phi) is 6.06. The average Bonchev–Trinajstić information content (AvgIpc) is 2.43. The molecule has 2 atom stereocenters. The smallest absolute Gasteiger partial charge is 0.137 e. The van der Waals surface area contributed by atoms with E-state index in [9.17, 15) is 4.79 Å². The lowest BCUT2D eigenvalue weighted by Crippen LogP contribution is -2.34. The van der Waals surface area contributed by atoms with Crippen LogP contribution in [-0.2, 0) is 11.2 Å². The first kappa shape index (κ1) is 16.0. The van der Waals surface area contributed by atoms with Gasteiger partial charge >= 0.3 is 0 Å². The van der Waals surface area contributed by atoms with Crippen molar-refractivity contribution in [1.29, 1.82) is 0 Å². The van der Waals surface area contributed by atoms with Gasteiger partial charge in [-0.2, -0.15) is 0 Å². The topological polar surface area (TPSA) is 29.1 Å². The second kappa shape index (κ2) is 7.58. The van der Waals surface area contributed by atoms with Crippen LogP contribution >= 0.6 is 27.5 Å². The molecule has 0 aliphatic carbocycles. The molecule has 0 amide bonds. The van der Waals surface area contributed by atoms with E-state index in [1.807, 2.05) is 18.2 Å². The molecule has 0 aromatic heterocycles. The first-order valence-electron chi connectivity index (χ1n) is 7.22. The quantitative estimate of drug-likeness (QED) is 0.853. The summed E-state index contributed by atoms with van der Waals surface area (Å²) in [5.74, 6) is 1.37. The molecule has 0 saturated carbocycles. The van der Waals surface area contributed by atoms with E-state index in [1.165, 1.54) is 12.8 Å². The van der Waals surface area contributed by atoms with E-state index in [1.54, 1.807) is 0 Å². The van der Waals surface area contributed by atoms with Crippen LogP contribution in [0.3, 0.4) is 0 Å². The molecule has 0 spiro atoms. The molecule has 1 fully saturated rings. The SMILES string of the molecule is CC(CC(=O)Cc1ccc(Br)cc1Cl)C1CCCNC1. The Morgan fingerprint density at radius 1 is 1.55 bits per heavy atom. The molecule has 1 saturated heterocycles. The fraction of sp³-hybridized carbons (Fsp3) is 0.562. The first-order valence-corrected chi connectivity index (χ1v) is 8.39. The van der Waals surface area contributed by atoms with E-state index >= 15 is 0 Å². The minimum atomic E-state index is 0.285. The normalized spacial score (nSPS) is 20.6. The van der Waals surface area contributed by atoms with Crippen LogP contribution in [0.1, 0.15) is 31.7 Å². The van der Waals surface area contributed by atoms with Crippen molar-refractivity contribution in [2.75, 3.05) is 13.1 Å². The van der Waals surface area contributed by atoms with Gasteiger partial charge in [0.15, 0.2) is 0 Å². The lowest BCUT2D eigenvalue weighted by atomic mass is 9.83. The highest BCUT2D eigenvalue weighted by Gasteiger charge is 2.22. The number of hydrogen-bond donors (Lipinski definition) is 1. The van der Waals surface area contributed by atoms with E-state index in [4.69, 9.17) is 11.6 Å². The van der Waals surface area contributed by atoms with Crippen LogP contribution in [0, 0.1) is 11.8 Å². The van der Waals surface area contributed by atoms with Gasteiger partial charge in [-0.3, -0.25) is 4.79 Å². The highest BCUT2D eigenvalue weighted by Crippen LogP contribution is 2.25. The van der Waals surface area contributed by atoms with Crippen molar-refractivity contribution in [2.24, 2.45) is 11.8 Å². The lowest BCUT2D eigenvalue weighted by molar-refractivity contribution is -0.119. The van der Waals surface area contributed by atoms with E-state index < -0.39 is 0 Å². The van der Waals surface area contributed by atoms with E-state index in [0.717, 1.165) is 23.1 Å². The maximum Gasteiger partial charge on any atom is 0.137 e. The summed E-state index contributed by atoms with van der Waals surface area (Å²) in [5.41, 5.74) is 0.925. The van der Waals surface area contributed by atoms with Crippen molar-refractivity contribution >= 4 is 33.3 Å². The maximum absolute atomic E-state index is 12.2. The zero-order chi connectivity index (χ0) is 14.5. The highest BCUT2D eigenvalue weighted by molar-refractivity contribution is 9.10. The molecule has 0 radical (unpaired) electrons. The Morgan fingerprint density at radius 2 is 2.35 bits per heavy atom. The van der Waals surface area contributed by atoms with Crippen molar-refractivity contribution in [1.82, 2.24) is 5.32 Å².